The monoisotopic (exact) mass is 867 g/mol. The molecule has 0 unspecified atom stereocenters. The van der Waals surface area contributed by atoms with E-state index in [0.29, 0.717) is 5.02 Å². The molecule has 0 N–H and O–H groups in total. The molecule has 0 spiro atoms. The summed E-state index contributed by atoms with van der Waals surface area (Å²) in [5.74, 6) is 0. The Kier molecular flexibility index (Phi) is 8.45. The Hall–Kier alpha value is -6.24. The van der Waals surface area contributed by atoms with E-state index in [-0.39, 0.29) is 6.71 Å². The maximum atomic E-state index is 7.29. The molecule has 3 heterocycles. The number of furan rings is 1. The normalized spacial score (nSPS) is 12.7. The summed E-state index contributed by atoms with van der Waals surface area (Å²) in [5, 5.41) is 2.92. The lowest BCUT2D eigenvalue weighted by atomic mass is 9.35. The maximum Gasteiger partial charge on any atom is 0.249 e. The average Bonchev–Trinajstić information content (AvgIpc) is 3.69. The van der Waals surface area contributed by atoms with Gasteiger partial charge in [-0.1, -0.05) is 202 Å². The van der Waals surface area contributed by atoms with Gasteiger partial charge in [0.15, 0.2) is 0 Å². The smallest absolute Gasteiger partial charge is 0.249 e. The lowest BCUT2D eigenvalue weighted by Gasteiger charge is -2.42. The van der Waals surface area contributed by atoms with Crippen LogP contribution < -0.4 is 21.3 Å². The number of halogens is 2. The zero-order valence-corrected chi connectivity index (χ0v) is 35.2. The number of hydrogen-bond donors (Lipinski definition) is 0. The first-order valence-electron chi connectivity index (χ1n) is 20.1. The molecule has 2 aliphatic heterocycles. The van der Waals surface area contributed by atoms with E-state index in [1.54, 1.807) is 11.8 Å². The van der Waals surface area contributed by atoms with Crippen molar-refractivity contribution in [3.8, 4) is 44.5 Å². The third-order valence-corrected chi connectivity index (χ3v) is 13.9. The maximum absolute atomic E-state index is 7.29. The molecule has 2 aliphatic rings. The number of fused-ring (bicyclic) bond motifs is 8. The number of nitrogens with zero attached hydrogens (tertiary/aromatic N) is 1. The Balaban J connectivity index is 1.15. The molecule has 0 saturated carbocycles. The van der Waals surface area contributed by atoms with Crippen molar-refractivity contribution in [3.05, 3.63) is 204 Å². The van der Waals surface area contributed by atoms with Crippen LogP contribution in [0.4, 0.5) is 17.1 Å². The van der Waals surface area contributed by atoms with Gasteiger partial charge in [0.05, 0.1) is 10.6 Å². The van der Waals surface area contributed by atoms with Gasteiger partial charge in [-0.05, 0) is 75.1 Å². The first-order chi connectivity index (χ1) is 29.6. The van der Waals surface area contributed by atoms with Crippen LogP contribution in [-0.4, -0.2) is 6.71 Å². The first kappa shape index (κ1) is 35.7. The Morgan fingerprint density at radius 3 is 1.72 bits per heavy atom. The average molecular weight is 869 g/mol. The summed E-state index contributed by atoms with van der Waals surface area (Å²) >= 11 is 13.0. The van der Waals surface area contributed by atoms with Crippen molar-refractivity contribution in [1.29, 1.82) is 0 Å². The second kappa shape index (κ2) is 14.2. The van der Waals surface area contributed by atoms with Crippen LogP contribution in [0.2, 0.25) is 5.02 Å². The van der Waals surface area contributed by atoms with Gasteiger partial charge in [-0.15, -0.1) is 0 Å². The molecule has 0 fully saturated rings. The third kappa shape index (κ3) is 5.64. The molecule has 2 nitrogen and oxygen atoms in total. The van der Waals surface area contributed by atoms with Crippen molar-refractivity contribution in [1.82, 2.24) is 0 Å². The molecule has 0 atom stereocenters. The summed E-state index contributed by atoms with van der Waals surface area (Å²) in [6, 6.07) is 69.7. The highest BCUT2D eigenvalue weighted by atomic mass is 79.9. The standard InChI is InChI=1S/C54H32BBrClNOS/c56-38-24-26-45-47(30-38)58(51-43(35-18-9-3-10-19-35)28-37(33-14-5-1-6-15-33)29-44(51)36-20-11-4-12-21-36)48-31-39(57)32-49-50(48)55(45)46-27-25-42-41-23-13-22-40(34-16-7-2-8-17-34)52(41)59-53(42)54(46)60-49/h1-32H. The van der Waals surface area contributed by atoms with Crippen molar-refractivity contribution >= 4 is 101 Å². The number of para-hydroxylation sites is 1. The topological polar surface area (TPSA) is 16.4 Å². The molecule has 0 saturated heterocycles. The summed E-state index contributed by atoms with van der Waals surface area (Å²) in [7, 11) is 0. The number of hydrogen-bond acceptors (Lipinski definition) is 3. The summed E-state index contributed by atoms with van der Waals surface area (Å²) < 4.78 is 8.03. The minimum Gasteiger partial charge on any atom is -0.454 e. The SMILES string of the molecule is Clc1cc2c3c(c1)N(c1c(-c4ccccc4)cc(-c4ccccc4)cc1-c1ccccc1)c1cc(Br)ccc1B3c1ccc3c(oc4c(-c5ccccc5)cccc43)c1S2. The van der Waals surface area contributed by atoms with Gasteiger partial charge < -0.3 is 9.32 Å². The molecular weight excluding hydrogens is 837 g/mol. The molecule has 60 heavy (non-hydrogen) atoms. The molecule has 1 aromatic heterocycles. The first-order valence-corrected chi connectivity index (χ1v) is 22.1. The van der Waals surface area contributed by atoms with E-state index in [2.05, 4.69) is 215 Å². The summed E-state index contributed by atoms with van der Waals surface area (Å²) in [6.07, 6.45) is 0. The second-order valence-electron chi connectivity index (χ2n) is 15.4. The quantitative estimate of drug-likeness (QED) is 0.160. The Morgan fingerprint density at radius 2 is 1.07 bits per heavy atom. The predicted molar refractivity (Wildman–Crippen MR) is 258 cm³/mol. The Morgan fingerprint density at radius 1 is 0.483 bits per heavy atom. The molecule has 0 amide bonds. The molecule has 282 valence electrons. The van der Waals surface area contributed by atoms with Gasteiger partial charge in [-0.2, -0.15) is 0 Å². The number of rotatable bonds is 5. The molecule has 12 rings (SSSR count). The fraction of sp³-hybridized carbons (Fsp3) is 0. The largest absolute Gasteiger partial charge is 0.454 e. The molecule has 0 bridgehead atoms. The second-order valence-corrected chi connectivity index (χ2v) is 17.8. The van der Waals surface area contributed by atoms with E-state index >= 15 is 0 Å². The van der Waals surface area contributed by atoms with Gasteiger partial charge in [-0.25, -0.2) is 0 Å². The number of benzene rings is 9. The van der Waals surface area contributed by atoms with Gasteiger partial charge >= 0.3 is 0 Å². The Bertz CT molecular complexity index is 3260. The zero-order chi connectivity index (χ0) is 39.9. The molecule has 10 aromatic rings. The third-order valence-electron chi connectivity index (χ3n) is 12.0. The van der Waals surface area contributed by atoms with Gasteiger partial charge in [0.25, 0.3) is 0 Å². The van der Waals surface area contributed by atoms with Crippen LogP contribution in [0.1, 0.15) is 0 Å². The minimum atomic E-state index is -0.0574. The predicted octanol–water partition coefficient (Wildman–Crippen LogP) is 14.4. The molecule has 0 aliphatic carbocycles. The van der Waals surface area contributed by atoms with Gasteiger partial charge in [0.2, 0.25) is 6.71 Å². The highest BCUT2D eigenvalue weighted by Crippen LogP contribution is 2.52. The van der Waals surface area contributed by atoms with E-state index in [4.69, 9.17) is 16.0 Å². The van der Waals surface area contributed by atoms with E-state index in [1.807, 2.05) is 0 Å². The van der Waals surface area contributed by atoms with Crippen LogP contribution in [0.25, 0.3) is 66.4 Å². The van der Waals surface area contributed by atoms with Crippen molar-refractivity contribution in [2.24, 2.45) is 0 Å². The highest BCUT2D eigenvalue weighted by molar-refractivity contribution is 9.10. The fourth-order valence-electron chi connectivity index (χ4n) is 9.43. The van der Waals surface area contributed by atoms with Crippen LogP contribution in [-0.2, 0) is 0 Å². The summed E-state index contributed by atoms with van der Waals surface area (Å²) in [4.78, 5) is 4.75. The van der Waals surface area contributed by atoms with E-state index in [1.165, 1.54) is 22.0 Å². The van der Waals surface area contributed by atoms with Crippen LogP contribution in [0.15, 0.2) is 213 Å². The number of anilines is 3. The molecular formula is C54H32BBrClNOS. The van der Waals surface area contributed by atoms with Crippen LogP contribution in [0.3, 0.4) is 0 Å². The van der Waals surface area contributed by atoms with E-state index in [9.17, 15) is 0 Å². The van der Waals surface area contributed by atoms with Gasteiger partial charge in [0, 0.05) is 53.2 Å². The molecule has 9 aromatic carbocycles. The summed E-state index contributed by atoms with van der Waals surface area (Å²) in [5.41, 5.74) is 17.9. The van der Waals surface area contributed by atoms with Crippen molar-refractivity contribution in [2.45, 2.75) is 9.79 Å². The van der Waals surface area contributed by atoms with Crippen molar-refractivity contribution in [3.63, 3.8) is 0 Å². The minimum absolute atomic E-state index is 0.0574. The highest BCUT2D eigenvalue weighted by Gasteiger charge is 2.43. The Labute approximate surface area is 366 Å². The molecule has 6 heteroatoms. The lowest BCUT2D eigenvalue weighted by Crippen LogP contribution is -2.59. The van der Waals surface area contributed by atoms with Crippen LogP contribution in [0, 0.1) is 0 Å². The molecule has 0 radical (unpaired) electrons. The van der Waals surface area contributed by atoms with Gasteiger partial charge in [-0.3, -0.25) is 0 Å². The van der Waals surface area contributed by atoms with Crippen LogP contribution in [0.5, 0.6) is 0 Å². The van der Waals surface area contributed by atoms with E-state index < -0.39 is 0 Å². The fourth-order valence-corrected chi connectivity index (χ4v) is 11.3. The zero-order valence-electron chi connectivity index (χ0n) is 32.1. The lowest BCUT2D eigenvalue weighted by molar-refractivity contribution is 0.662. The van der Waals surface area contributed by atoms with E-state index in [0.717, 1.165) is 92.2 Å². The van der Waals surface area contributed by atoms with Gasteiger partial charge in [0.1, 0.15) is 11.2 Å². The van der Waals surface area contributed by atoms with Crippen molar-refractivity contribution < 1.29 is 4.42 Å². The van der Waals surface area contributed by atoms with Crippen molar-refractivity contribution in [2.75, 3.05) is 4.90 Å². The van der Waals surface area contributed by atoms with Crippen LogP contribution >= 0.6 is 39.3 Å². The summed E-state index contributed by atoms with van der Waals surface area (Å²) in [6.45, 7) is -0.0574.